The molecule has 5 heteroatoms. The highest BCUT2D eigenvalue weighted by atomic mass is 16.7. The SMILES string of the molecule is CC1(C)C2C(=O)O[C@@H](O[C@H](C#N)Cc3cccc(Oc4ccccc4)c3)C21. The quantitative estimate of drug-likeness (QED) is 0.723. The number of nitrogens with zero attached hydrogens (tertiary/aromatic N) is 1. The molecule has 2 unspecified atom stereocenters. The van der Waals surface area contributed by atoms with Gasteiger partial charge in [-0.2, -0.15) is 5.26 Å². The van der Waals surface area contributed by atoms with Gasteiger partial charge in [-0.25, -0.2) is 0 Å². The average molecular weight is 363 g/mol. The largest absolute Gasteiger partial charge is 0.457 e. The van der Waals surface area contributed by atoms with Gasteiger partial charge in [-0.1, -0.05) is 44.2 Å². The zero-order valence-corrected chi connectivity index (χ0v) is 15.3. The molecule has 4 atom stereocenters. The number of hydrogen-bond acceptors (Lipinski definition) is 5. The van der Waals surface area contributed by atoms with Crippen LogP contribution in [0.3, 0.4) is 0 Å². The lowest BCUT2D eigenvalue weighted by Gasteiger charge is -2.21. The van der Waals surface area contributed by atoms with Gasteiger partial charge in [0.05, 0.1) is 12.0 Å². The van der Waals surface area contributed by atoms with E-state index in [-0.39, 0.29) is 23.2 Å². The van der Waals surface area contributed by atoms with E-state index >= 15 is 0 Å². The van der Waals surface area contributed by atoms with Crippen LogP contribution in [0.5, 0.6) is 11.5 Å². The zero-order valence-electron chi connectivity index (χ0n) is 15.3. The van der Waals surface area contributed by atoms with Crippen molar-refractivity contribution < 1.29 is 19.0 Å². The number of para-hydroxylation sites is 1. The molecule has 1 aliphatic carbocycles. The van der Waals surface area contributed by atoms with E-state index in [1.165, 1.54) is 0 Å². The molecule has 4 rings (SSSR count). The van der Waals surface area contributed by atoms with Crippen molar-refractivity contribution in [3.8, 4) is 17.6 Å². The van der Waals surface area contributed by atoms with Gasteiger partial charge in [-0.15, -0.1) is 0 Å². The van der Waals surface area contributed by atoms with Crippen molar-refractivity contribution in [1.82, 2.24) is 0 Å². The van der Waals surface area contributed by atoms with Crippen molar-refractivity contribution in [2.45, 2.75) is 32.7 Å². The van der Waals surface area contributed by atoms with Crippen LogP contribution in [0, 0.1) is 28.6 Å². The molecule has 138 valence electrons. The predicted molar refractivity (Wildman–Crippen MR) is 97.8 cm³/mol. The standard InChI is InChI=1S/C22H21NO4/c1-22(2)18-19(22)21(27-20(18)24)26-17(13-23)12-14-7-6-10-16(11-14)25-15-8-4-3-5-9-15/h3-11,17-19,21H,12H2,1-2H3/t17-,18?,19?,21+/m0/s1. The third kappa shape index (κ3) is 3.41. The van der Waals surface area contributed by atoms with Gasteiger partial charge < -0.3 is 14.2 Å². The smallest absolute Gasteiger partial charge is 0.312 e. The summed E-state index contributed by atoms with van der Waals surface area (Å²) in [6, 6.07) is 19.3. The van der Waals surface area contributed by atoms with Crippen molar-refractivity contribution in [1.29, 1.82) is 5.26 Å². The van der Waals surface area contributed by atoms with Crippen LogP contribution in [0.4, 0.5) is 0 Å². The molecule has 0 aromatic heterocycles. The lowest BCUT2D eigenvalue weighted by molar-refractivity contribution is -0.181. The Morgan fingerprint density at radius 1 is 1.15 bits per heavy atom. The lowest BCUT2D eigenvalue weighted by Crippen LogP contribution is -2.28. The van der Waals surface area contributed by atoms with Gasteiger partial charge in [0.25, 0.3) is 0 Å². The van der Waals surface area contributed by atoms with Crippen LogP contribution >= 0.6 is 0 Å². The van der Waals surface area contributed by atoms with Gasteiger partial charge in [0, 0.05) is 12.3 Å². The topological polar surface area (TPSA) is 68.5 Å². The highest BCUT2D eigenvalue weighted by molar-refractivity contribution is 5.80. The van der Waals surface area contributed by atoms with Gasteiger partial charge in [0.15, 0.2) is 6.10 Å². The Morgan fingerprint density at radius 2 is 1.89 bits per heavy atom. The molecule has 1 heterocycles. The Hall–Kier alpha value is -2.84. The monoisotopic (exact) mass is 363 g/mol. The van der Waals surface area contributed by atoms with Crippen LogP contribution in [-0.4, -0.2) is 18.4 Å². The molecular formula is C22H21NO4. The summed E-state index contributed by atoms with van der Waals surface area (Å²) < 4.78 is 17.0. The molecule has 27 heavy (non-hydrogen) atoms. The summed E-state index contributed by atoms with van der Waals surface area (Å²) in [5.74, 6) is 1.16. The fourth-order valence-electron chi connectivity index (χ4n) is 3.87. The molecule has 1 saturated heterocycles. The number of fused-ring (bicyclic) bond motifs is 1. The van der Waals surface area contributed by atoms with Crippen molar-refractivity contribution in [2.24, 2.45) is 17.3 Å². The van der Waals surface area contributed by atoms with Gasteiger partial charge in [0.1, 0.15) is 11.5 Å². The summed E-state index contributed by atoms with van der Waals surface area (Å²) in [4.78, 5) is 11.9. The van der Waals surface area contributed by atoms with Gasteiger partial charge >= 0.3 is 5.97 Å². The number of ether oxygens (including phenoxy) is 3. The molecule has 0 N–H and O–H groups in total. The van der Waals surface area contributed by atoms with Crippen LogP contribution in [0.1, 0.15) is 19.4 Å². The number of hydrogen-bond donors (Lipinski definition) is 0. The first kappa shape index (κ1) is 17.6. The van der Waals surface area contributed by atoms with E-state index in [1.807, 2.05) is 68.4 Å². The number of rotatable bonds is 6. The summed E-state index contributed by atoms with van der Waals surface area (Å²) in [6.07, 6.45) is -0.926. The zero-order chi connectivity index (χ0) is 19.0. The number of esters is 1. The van der Waals surface area contributed by atoms with E-state index in [4.69, 9.17) is 14.2 Å². The highest BCUT2D eigenvalue weighted by Gasteiger charge is 2.72. The van der Waals surface area contributed by atoms with Crippen molar-refractivity contribution in [3.63, 3.8) is 0 Å². The van der Waals surface area contributed by atoms with E-state index in [2.05, 4.69) is 6.07 Å². The number of nitriles is 1. The number of carbonyl (C=O) groups excluding carboxylic acids is 1. The second kappa shape index (κ2) is 6.71. The maximum Gasteiger partial charge on any atom is 0.312 e. The van der Waals surface area contributed by atoms with E-state index in [9.17, 15) is 10.1 Å². The molecule has 1 saturated carbocycles. The minimum atomic E-state index is -0.690. The summed E-state index contributed by atoms with van der Waals surface area (Å²) in [5.41, 5.74) is 0.814. The van der Waals surface area contributed by atoms with Gasteiger partial charge in [-0.3, -0.25) is 4.79 Å². The first-order valence-corrected chi connectivity index (χ1v) is 9.06. The van der Waals surface area contributed by atoms with Gasteiger partial charge in [0.2, 0.25) is 6.29 Å². The summed E-state index contributed by atoms with van der Waals surface area (Å²) in [6.45, 7) is 4.07. The third-order valence-corrected chi connectivity index (χ3v) is 5.43. The second-order valence-electron chi connectivity index (χ2n) is 7.65. The van der Waals surface area contributed by atoms with E-state index in [1.54, 1.807) is 0 Å². The molecular weight excluding hydrogens is 342 g/mol. The van der Waals surface area contributed by atoms with Crippen LogP contribution in [0.15, 0.2) is 54.6 Å². The molecule has 1 aliphatic heterocycles. The first-order valence-electron chi connectivity index (χ1n) is 9.06. The molecule has 0 spiro atoms. The Bertz CT molecular complexity index is 887. The normalized spacial score (nSPS) is 25.8. The Kier molecular flexibility index (Phi) is 4.37. The van der Waals surface area contributed by atoms with Crippen molar-refractivity contribution >= 4 is 5.97 Å². The van der Waals surface area contributed by atoms with Crippen LogP contribution < -0.4 is 4.74 Å². The lowest BCUT2D eigenvalue weighted by atomic mass is 10.1. The molecule has 2 aromatic carbocycles. The number of carbonyl (C=O) groups is 1. The molecule has 2 aromatic rings. The third-order valence-electron chi connectivity index (χ3n) is 5.43. The maximum atomic E-state index is 11.9. The number of cyclic esters (lactones) is 1. The number of benzene rings is 2. The molecule has 2 fully saturated rings. The van der Waals surface area contributed by atoms with Crippen LogP contribution in [-0.2, 0) is 20.7 Å². The minimum absolute atomic E-state index is 0.0357. The van der Waals surface area contributed by atoms with Crippen molar-refractivity contribution in [2.75, 3.05) is 0 Å². The first-order chi connectivity index (χ1) is 13.0. The molecule has 0 radical (unpaired) electrons. The van der Waals surface area contributed by atoms with Crippen LogP contribution in [0.2, 0.25) is 0 Å². The fraction of sp³-hybridized carbons (Fsp3) is 0.364. The summed E-state index contributed by atoms with van der Waals surface area (Å²) >= 11 is 0. The molecule has 0 bridgehead atoms. The molecule has 0 amide bonds. The van der Waals surface area contributed by atoms with E-state index < -0.39 is 12.4 Å². The van der Waals surface area contributed by atoms with Crippen LogP contribution in [0.25, 0.3) is 0 Å². The summed E-state index contributed by atoms with van der Waals surface area (Å²) in [7, 11) is 0. The molecule has 5 nitrogen and oxygen atoms in total. The fourth-order valence-corrected chi connectivity index (χ4v) is 3.87. The van der Waals surface area contributed by atoms with Gasteiger partial charge in [-0.05, 0) is 35.2 Å². The summed E-state index contributed by atoms with van der Waals surface area (Å²) in [5, 5.41) is 9.50. The van der Waals surface area contributed by atoms with E-state index in [0.717, 1.165) is 11.3 Å². The Balaban J connectivity index is 1.41. The average Bonchev–Trinajstić information content (AvgIpc) is 3.05. The Labute approximate surface area is 158 Å². The molecule has 2 aliphatic rings. The predicted octanol–water partition coefficient (Wildman–Crippen LogP) is 4.09. The Morgan fingerprint density at radius 3 is 2.56 bits per heavy atom. The second-order valence-corrected chi connectivity index (χ2v) is 7.65. The minimum Gasteiger partial charge on any atom is -0.457 e. The van der Waals surface area contributed by atoms with E-state index in [0.29, 0.717) is 12.2 Å². The highest BCUT2D eigenvalue weighted by Crippen LogP contribution is 2.64. The van der Waals surface area contributed by atoms with Crippen molar-refractivity contribution in [3.05, 3.63) is 60.2 Å². The maximum absolute atomic E-state index is 11.9.